The molecule has 0 aliphatic rings. The first-order valence-corrected chi connectivity index (χ1v) is 6.65. The molecule has 0 amide bonds. The maximum atomic E-state index is 12.3. The summed E-state index contributed by atoms with van der Waals surface area (Å²) in [7, 11) is 3.03. The number of aliphatic hydroxyl groups is 1. The van der Waals surface area contributed by atoms with E-state index < -0.39 is 11.8 Å². The first-order valence-electron chi connectivity index (χ1n) is 6.65. The molecule has 1 N–H and O–H groups in total. The highest BCUT2D eigenvalue weighted by atomic mass is 16.3. The van der Waals surface area contributed by atoms with E-state index >= 15 is 0 Å². The summed E-state index contributed by atoms with van der Waals surface area (Å²) >= 11 is 0. The van der Waals surface area contributed by atoms with Crippen molar-refractivity contribution in [3.63, 3.8) is 0 Å². The molecule has 21 heavy (non-hydrogen) atoms. The SMILES string of the molecule is Cc1cn2c3c(=O)n(C)c(=O)n(C)c3nc2n1CC(C)O. The van der Waals surface area contributed by atoms with Crippen molar-refractivity contribution in [2.24, 2.45) is 14.1 Å². The Bertz CT molecular complexity index is 970. The summed E-state index contributed by atoms with van der Waals surface area (Å²) in [6.45, 7) is 3.95. The molecule has 3 aromatic rings. The highest BCUT2D eigenvalue weighted by Gasteiger charge is 2.19. The Morgan fingerprint density at radius 1 is 1.29 bits per heavy atom. The fraction of sp³-hybridized carbons (Fsp3) is 0.462. The van der Waals surface area contributed by atoms with Gasteiger partial charge in [-0.05, 0) is 13.8 Å². The lowest BCUT2D eigenvalue weighted by Crippen LogP contribution is -2.37. The molecular formula is C13H17N5O3. The van der Waals surface area contributed by atoms with Crippen LogP contribution in [0.3, 0.4) is 0 Å². The lowest BCUT2D eigenvalue weighted by molar-refractivity contribution is 0.174. The smallest absolute Gasteiger partial charge is 0.332 e. The molecule has 0 aliphatic heterocycles. The lowest BCUT2D eigenvalue weighted by atomic mass is 10.4. The number of rotatable bonds is 2. The van der Waals surface area contributed by atoms with Crippen LogP contribution in [0.2, 0.25) is 0 Å². The molecule has 3 aromatic heterocycles. The Balaban J connectivity index is 2.51. The molecule has 0 fully saturated rings. The van der Waals surface area contributed by atoms with Gasteiger partial charge in [0.25, 0.3) is 5.56 Å². The van der Waals surface area contributed by atoms with E-state index in [1.54, 1.807) is 24.6 Å². The molecule has 0 saturated heterocycles. The van der Waals surface area contributed by atoms with Crippen molar-refractivity contribution in [1.82, 2.24) is 23.1 Å². The van der Waals surface area contributed by atoms with E-state index in [9.17, 15) is 14.7 Å². The van der Waals surface area contributed by atoms with Crippen molar-refractivity contribution >= 4 is 16.9 Å². The van der Waals surface area contributed by atoms with Crippen LogP contribution >= 0.6 is 0 Å². The fourth-order valence-electron chi connectivity index (χ4n) is 2.62. The number of nitrogens with zero attached hydrogens (tertiary/aromatic N) is 5. The molecule has 1 unspecified atom stereocenters. The van der Waals surface area contributed by atoms with E-state index in [-0.39, 0.29) is 5.56 Å². The third-order valence-corrected chi connectivity index (χ3v) is 3.70. The number of aromatic nitrogens is 5. The summed E-state index contributed by atoms with van der Waals surface area (Å²) in [6.07, 6.45) is 1.25. The number of fused-ring (bicyclic) bond motifs is 3. The third kappa shape index (κ3) is 1.75. The van der Waals surface area contributed by atoms with Gasteiger partial charge in [-0.25, -0.2) is 4.79 Å². The highest BCUT2D eigenvalue weighted by Crippen LogP contribution is 2.16. The van der Waals surface area contributed by atoms with Crippen LogP contribution in [0.25, 0.3) is 16.9 Å². The molecule has 112 valence electrons. The quantitative estimate of drug-likeness (QED) is 0.681. The first-order chi connectivity index (χ1) is 9.82. The topological polar surface area (TPSA) is 86.5 Å². The molecule has 3 heterocycles. The zero-order valence-corrected chi connectivity index (χ0v) is 12.4. The van der Waals surface area contributed by atoms with E-state index in [1.165, 1.54) is 11.6 Å². The maximum Gasteiger partial charge on any atom is 0.332 e. The van der Waals surface area contributed by atoms with Crippen LogP contribution in [0, 0.1) is 6.92 Å². The van der Waals surface area contributed by atoms with Gasteiger partial charge in [-0.15, -0.1) is 0 Å². The number of hydrogen-bond acceptors (Lipinski definition) is 4. The standard InChI is InChI=1S/C13H17N5O3/c1-7-5-18-9-10(14-12(18)17(7)6-8(2)19)15(3)13(21)16(4)11(9)20/h5,8,19H,6H2,1-4H3. The summed E-state index contributed by atoms with van der Waals surface area (Å²) in [5.74, 6) is 0.543. The predicted molar refractivity (Wildman–Crippen MR) is 77.6 cm³/mol. The first kappa shape index (κ1) is 13.6. The van der Waals surface area contributed by atoms with Crippen LogP contribution in [0.1, 0.15) is 12.6 Å². The number of hydrogen-bond donors (Lipinski definition) is 1. The van der Waals surface area contributed by atoms with Crippen molar-refractivity contribution in [1.29, 1.82) is 0 Å². The molecule has 1 atom stereocenters. The fourth-order valence-corrected chi connectivity index (χ4v) is 2.62. The van der Waals surface area contributed by atoms with Gasteiger partial charge in [0.15, 0.2) is 11.2 Å². The number of aliphatic hydroxyl groups excluding tert-OH is 1. The number of aryl methyl sites for hydroxylation is 2. The van der Waals surface area contributed by atoms with Crippen LogP contribution < -0.4 is 11.2 Å². The second kappa shape index (κ2) is 4.32. The van der Waals surface area contributed by atoms with Crippen molar-refractivity contribution in [3.05, 3.63) is 32.7 Å². The zero-order valence-electron chi connectivity index (χ0n) is 12.4. The van der Waals surface area contributed by atoms with Gasteiger partial charge in [-0.3, -0.25) is 18.3 Å². The van der Waals surface area contributed by atoms with Crippen molar-refractivity contribution in [2.75, 3.05) is 0 Å². The van der Waals surface area contributed by atoms with Gasteiger partial charge in [0.05, 0.1) is 12.6 Å². The Morgan fingerprint density at radius 3 is 2.57 bits per heavy atom. The van der Waals surface area contributed by atoms with Gasteiger partial charge in [0.1, 0.15) is 0 Å². The molecule has 0 radical (unpaired) electrons. The van der Waals surface area contributed by atoms with E-state index in [0.29, 0.717) is 23.5 Å². The van der Waals surface area contributed by atoms with E-state index in [2.05, 4.69) is 4.98 Å². The third-order valence-electron chi connectivity index (χ3n) is 3.70. The Kier molecular flexibility index (Phi) is 2.80. The van der Waals surface area contributed by atoms with E-state index in [0.717, 1.165) is 10.3 Å². The van der Waals surface area contributed by atoms with Crippen LogP contribution in [0.5, 0.6) is 0 Å². The molecule has 0 aromatic carbocycles. The molecule has 0 spiro atoms. The minimum Gasteiger partial charge on any atom is -0.392 e. The Morgan fingerprint density at radius 2 is 1.95 bits per heavy atom. The summed E-state index contributed by atoms with van der Waals surface area (Å²) in [4.78, 5) is 28.7. The number of imidazole rings is 2. The van der Waals surface area contributed by atoms with Gasteiger partial charge in [0.2, 0.25) is 5.78 Å². The predicted octanol–water partition coefficient (Wildman–Crippen LogP) is -0.624. The highest BCUT2D eigenvalue weighted by molar-refractivity contribution is 5.75. The normalized spacial score (nSPS) is 13.4. The molecular weight excluding hydrogens is 274 g/mol. The van der Waals surface area contributed by atoms with Crippen LogP contribution in [-0.2, 0) is 20.6 Å². The average molecular weight is 291 g/mol. The van der Waals surface area contributed by atoms with Crippen LogP contribution in [0.4, 0.5) is 0 Å². The van der Waals surface area contributed by atoms with Crippen LogP contribution in [0.15, 0.2) is 15.8 Å². The average Bonchev–Trinajstić information content (AvgIpc) is 2.91. The second-order valence-corrected chi connectivity index (χ2v) is 5.39. The largest absolute Gasteiger partial charge is 0.392 e. The maximum absolute atomic E-state index is 12.3. The van der Waals surface area contributed by atoms with Crippen molar-refractivity contribution < 1.29 is 5.11 Å². The Hall–Kier alpha value is -2.35. The summed E-state index contributed by atoms with van der Waals surface area (Å²) in [6, 6.07) is 0. The summed E-state index contributed by atoms with van der Waals surface area (Å²) in [5.41, 5.74) is 0.803. The van der Waals surface area contributed by atoms with Gasteiger partial charge >= 0.3 is 5.69 Å². The lowest BCUT2D eigenvalue weighted by Gasteiger charge is -2.07. The van der Waals surface area contributed by atoms with Crippen molar-refractivity contribution in [2.45, 2.75) is 26.5 Å². The molecule has 8 heteroatoms. The molecule has 0 aliphatic carbocycles. The van der Waals surface area contributed by atoms with Crippen molar-refractivity contribution in [3.8, 4) is 0 Å². The minimum absolute atomic E-state index is 0.345. The molecule has 0 bridgehead atoms. The summed E-state index contributed by atoms with van der Waals surface area (Å²) in [5, 5.41) is 9.60. The van der Waals surface area contributed by atoms with Gasteiger partial charge in [-0.1, -0.05) is 0 Å². The monoisotopic (exact) mass is 291 g/mol. The molecule has 8 nitrogen and oxygen atoms in total. The second-order valence-electron chi connectivity index (χ2n) is 5.39. The van der Waals surface area contributed by atoms with E-state index in [4.69, 9.17) is 0 Å². The minimum atomic E-state index is -0.536. The van der Waals surface area contributed by atoms with Gasteiger partial charge in [-0.2, -0.15) is 4.98 Å². The van der Waals surface area contributed by atoms with Crippen LogP contribution in [-0.4, -0.2) is 34.3 Å². The van der Waals surface area contributed by atoms with E-state index in [1.807, 2.05) is 11.5 Å². The van der Waals surface area contributed by atoms with Gasteiger partial charge in [0, 0.05) is 26.0 Å². The molecule has 0 saturated carbocycles. The summed E-state index contributed by atoms with van der Waals surface area (Å²) < 4.78 is 5.92. The zero-order chi connectivity index (χ0) is 15.5. The van der Waals surface area contributed by atoms with Gasteiger partial charge < -0.3 is 9.67 Å². The Labute approximate surface area is 119 Å². The molecule has 3 rings (SSSR count).